The first kappa shape index (κ1) is 20.9. The third kappa shape index (κ3) is 11.2. The molecule has 0 aliphatic carbocycles. The van der Waals surface area contributed by atoms with Gasteiger partial charge in [-0.3, -0.25) is 0 Å². The van der Waals surface area contributed by atoms with E-state index in [-0.39, 0.29) is 12.0 Å². The highest BCUT2D eigenvalue weighted by Crippen LogP contribution is 2.31. The van der Waals surface area contributed by atoms with Crippen LogP contribution in [0, 0.1) is 11.3 Å². The summed E-state index contributed by atoms with van der Waals surface area (Å²) >= 11 is 0. The highest BCUT2D eigenvalue weighted by atomic mass is 16.3. The fraction of sp³-hybridized carbons (Fsp3) is 1.00. The van der Waals surface area contributed by atoms with E-state index in [1.807, 2.05) is 0 Å². The number of rotatable bonds is 15. The number of aliphatic hydroxyl groups is 1. The summed E-state index contributed by atoms with van der Waals surface area (Å²) in [5.41, 5.74) is 5.91. The number of unbranched alkanes of at least 4 members (excludes halogenated alkanes) is 9. The average molecular weight is 300 g/mol. The first-order chi connectivity index (χ1) is 10.1. The van der Waals surface area contributed by atoms with Crippen molar-refractivity contribution in [2.45, 2.75) is 97.8 Å². The van der Waals surface area contributed by atoms with Crippen LogP contribution in [0.25, 0.3) is 0 Å². The highest BCUT2D eigenvalue weighted by molar-refractivity contribution is 4.80. The predicted molar refractivity (Wildman–Crippen MR) is 94.5 cm³/mol. The van der Waals surface area contributed by atoms with Crippen LogP contribution in [0.2, 0.25) is 0 Å². The van der Waals surface area contributed by atoms with Gasteiger partial charge in [0.05, 0.1) is 0 Å². The van der Waals surface area contributed by atoms with E-state index in [2.05, 4.69) is 20.8 Å². The lowest BCUT2D eigenvalue weighted by atomic mass is 9.76. The summed E-state index contributed by atoms with van der Waals surface area (Å²) in [6.07, 6.45) is 15.8. The Balaban J connectivity index is 3.58. The summed E-state index contributed by atoms with van der Waals surface area (Å²) in [6.45, 7) is 7.59. The first-order valence-electron chi connectivity index (χ1n) is 9.41. The number of hydrogen-bond donors (Lipinski definition) is 2. The molecule has 128 valence electrons. The second-order valence-electron chi connectivity index (χ2n) is 7.39. The molecule has 1 atom stereocenters. The minimum atomic E-state index is -0.0195. The van der Waals surface area contributed by atoms with Gasteiger partial charge in [0.2, 0.25) is 0 Å². The van der Waals surface area contributed by atoms with Crippen LogP contribution in [0.5, 0.6) is 0 Å². The van der Waals surface area contributed by atoms with Crippen molar-refractivity contribution in [1.82, 2.24) is 0 Å². The molecule has 21 heavy (non-hydrogen) atoms. The molecule has 0 fully saturated rings. The summed E-state index contributed by atoms with van der Waals surface area (Å²) in [5, 5.41) is 9.69. The molecule has 0 heterocycles. The number of hydrogen-bond acceptors (Lipinski definition) is 2. The molecule has 0 spiro atoms. The number of nitrogens with two attached hydrogens (primary N) is 1. The molecule has 0 saturated heterocycles. The normalized spacial score (nSPS) is 14.6. The van der Waals surface area contributed by atoms with Crippen molar-refractivity contribution < 1.29 is 5.11 Å². The molecule has 2 heteroatoms. The van der Waals surface area contributed by atoms with Crippen LogP contribution in [0.3, 0.4) is 0 Å². The van der Waals surface area contributed by atoms with E-state index in [9.17, 15) is 5.11 Å². The van der Waals surface area contributed by atoms with Crippen molar-refractivity contribution in [1.29, 1.82) is 0 Å². The summed E-state index contributed by atoms with van der Waals surface area (Å²) in [6, 6.07) is 0. The van der Waals surface area contributed by atoms with Crippen molar-refractivity contribution in [3.8, 4) is 0 Å². The maximum absolute atomic E-state index is 9.69. The Bertz CT molecular complexity index is 212. The molecule has 0 amide bonds. The first-order valence-corrected chi connectivity index (χ1v) is 9.41. The lowest BCUT2D eigenvalue weighted by Crippen LogP contribution is -2.35. The van der Waals surface area contributed by atoms with Crippen molar-refractivity contribution in [2.75, 3.05) is 13.2 Å². The quantitative estimate of drug-likeness (QED) is 0.404. The minimum Gasteiger partial charge on any atom is -0.396 e. The monoisotopic (exact) mass is 299 g/mol. The van der Waals surface area contributed by atoms with E-state index >= 15 is 0 Å². The van der Waals surface area contributed by atoms with Gasteiger partial charge in [-0.25, -0.2) is 0 Å². The Hall–Kier alpha value is -0.0800. The molecule has 0 aromatic carbocycles. The molecule has 2 nitrogen and oxygen atoms in total. The van der Waals surface area contributed by atoms with Crippen LogP contribution >= 0.6 is 0 Å². The van der Waals surface area contributed by atoms with Gasteiger partial charge < -0.3 is 10.8 Å². The van der Waals surface area contributed by atoms with Crippen LogP contribution in [0.1, 0.15) is 97.8 Å². The Morgan fingerprint density at radius 1 is 0.857 bits per heavy atom. The second-order valence-corrected chi connectivity index (χ2v) is 7.39. The van der Waals surface area contributed by atoms with Crippen LogP contribution in [0.4, 0.5) is 0 Å². The third-order valence-electron chi connectivity index (χ3n) is 4.67. The lowest BCUT2D eigenvalue weighted by molar-refractivity contribution is 0.0955. The Morgan fingerprint density at radius 3 is 1.71 bits per heavy atom. The second kappa shape index (κ2) is 13.6. The largest absolute Gasteiger partial charge is 0.396 e. The predicted octanol–water partition coefficient (Wildman–Crippen LogP) is 5.28. The Labute approximate surface area is 133 Å². The molecule has 0 aliphatic heterocycles. The minimum absolute atomic E-state index is 0.0195. The third-order valence-corrected chi connectivity index (χ3v) is 4.67. The van der Waals surface area contributed by atoms with Gasteiger partial charge >= 0.3 is 0 Å². The van der Waals surface area contributed by atoms with Crippen molar-refractivity contribution >= 4 is 0 Å². The van der Waals surface area contributed by atoms with Crippen molar-refractivity contribution in [3.63, 3.8) is 0 Å². The number of aliphatic hydroxyl groups excluding tert-OH is 1. The molecule has 0 radical (unpaired) electrons. The Kier molecular flexibility index (Phi) is 13.5. The SMILES string of the molecule is CCCCCCCCCCCCC(CN)(CO)CC(C)C. The Morgan fingerprint density at radius 2 is 1.33 bits per heavy atom. The topological polar surface area (TPSA) is 46.2 Å². The zero-order chi connectivity index (χ0) is 16.0. The molecule has 0 bridgehead atoms. The van der Waals surface area contributed by atoms with Gasteiger partial charge in [0.1, 0.15) is 0 Å². The summed E-state index contributed by atoms with van der Waals surface area (Å²) < 4.78 is 0. The van der Waals surface area contributed by atoms with E-state index in [0.29, 0.717) is 12.5 Å². The fourth-order valence-electron chi connectivity index (χ4n) is 3.35. The van der Waals surface area contributed by atoms with E-state index in [0.717, 1.165) is 12.8 Å². The molecule has 3 N–H and O–H groups in total. The smallest absolute Gasteiger partial charge is 0.0499 e. The van der Waals surface area contributed by atoms with Crippen LogP contribution in [-0.2, 0) is 0 Å². The standard InChI is InChI=1S/C19H41NO/c1-4-5-6-7-8-9-10-11-12-13-14-19(16-20,17-21)15-18(2)3/h18,21H,4-17,20H2,1-3H3. The van der Waals surface area contributed by atoms with Gasteiger partial charge in [-0.2, -0.15) is 0 Å². The van der Waals surface area contributed by atoms with Crippen LogP contribution in [-0.4, -0.2) is 18.3 Å². The van der Waals surface area contributed by atoms with E-state index < -0.39 is 0 Å². The van der Waals surface area contributed by atoms with Gasteiger partial charge in [0, 0.05) is 18.6 Å². The van der Waals surface area contributed by atoms with Gasteiger partial charge in [0.15, 0.2) is 0 Å². The lowest BCUT2D eigenvalue weighted by Gasteiger charge is -2.32. The molecule has 0 saturated carbocycles. The molecule has 0 rings (SSSR count). The fourth-order valence-corrected chi connectivity index (χ4v) is 3.35. The summed E-state index contributed by atoms with van der Waals surface area (Å²) in [5.74, 6) is 0.615. The summed E-state index contributed by atoms with van der Waals surface area (Å²) in [4.78, 5) is 0. The van der Waals surface area contributed by atoms with Gasteiger partial charge in [-0.1, -0.05) is 85.0 Å². The summed E-state index contributed by atoms with van der Waals surface area (Å²) in [7, 11) is 0. The molecule has 0 aromatic heterocycles. The van der Waals surface area contributed by atoms with Crippen LogP contribution in [0.15, 0.2) is 0 Å². The zero-order valence-corrected chi connectivity index (χ0v) is 15.0. The van der Waals surface area contributed by atoms with E-state index in [4.69, 9.17) is 5.73 Å². The van der Waals surface area contributed by atoms with Gasteiger partial charge in [-0.15, -0.1) is 0 Å². The maximum Gasteiger partial charge on any atom is 0.0499 e. The van der Waals surface area contributed by atoms with Crippen molar-refractivity contribution in [2.24, 2.45) is 17.1 Å². The molecule has 0 aliphatic rings. The van der Waals surface area contributed by atoms with Crippen molar-refractivity contribution in [3.05, 3.63) is 0 Å². The van der Waals surface area contributed by atoms with E-state index in [1.165, 1.54) is 64.2 Å². The molecule has 0 aromatic rings. The van der Waals surface area contributed by atoms with Gasteiger partial charge in [-0.05, 0) is 18.8 Å². The van der Waals surface area contributed by atoms with Crippen LogP contribution < -0.4 is 5.73 Å². The maximum atomic E-state index is 9.69. The molecule has 1 unspecified atom stereocenters. The molecular formula is C19H41NO. The van der Waals surface area contributed by atoms with E-state index in [1.54, 1.807) is 0 Å². The van der Waals surface area contributed by atoms with Gasteiger partial charge in [0.25, 0.3) is 0 Å². The average Bonchev–Trinajstić information content (AvgIpc) is 2.47. The molecular weight excluding hydrogens is 258 g/mol. The zero-order valence-electron chi connectivity index (χ0n) is 15.0. The highest BCUT2D eigenvalue weighted by Gasteiger charge is 2.28.